The number of hydrogen-bond acceptors (Lipinski definition) is 4. The van der Waals surface area contributed by atoms with Gasteiger partial charge in [-0.3, -0.25) is 4.79 Å². The van der Waals surface area contributed by atoms with Gasteiger partial charge in [-0.15, -0.1) is 0 Å². The molecule has 0 radical (unpaired) electrons. The van der Waals surface area contributed by atoms with Crippen LogP contribution >= 0.6 is 0 Å². The molecule has 5 nitrogen and oxygen atoms in total. The van der Waals surface area contributed by atoms with Crippen LogP contribution in [-0.4, -0.2) is 18.7 Å². The van der Waals surface area contributed by atoms with Gasteiger partial charge in [0, 0.05) is 6.42 Å². The highest BCUT2D eigenvalue weighted by molar-refractivity contribution is 5.95. The lowest BCUT2D eigenvalue weighted by atomic mass is 10.2. The van der Waals surface area contributed by atoms with E-state index in [4.69, 9.17) is 9.47 Å². The first kappa shape index (κ1) is 21.8. The summed E-state index contributed by atoms with van der Waals surface area (Å²) in [5.74, 6) is 0.247. The Hall–Kier alpha value is -3.86. The Bertz CT molecular complexity index is 976. The summed E-state index contributed by atoms with van der Waals surface area (Å²) in [5, 5.41) is 0. The Balaban J connectivity index is 1.63. The summed E-state index contributed by atoms with van der Waals surface area (Å²) in [4.78, 5) is 26.0. The second-order valence-corrected chi connectivity index (χ2v) is 6.78. The van der Waals surface area contributed by atoms with Gasteiger partial charge < -0.3 is 9.47 Å². The molecule has 0 saturated heterocycles. The maximum Gasteiger partial charge on any atom is 0.419 e. The van der Waals surface area contributed by atoms with Crippen molar-refractivity contribution in [1.29, 1.82) is 0 Å². The Labute approximate surface area is 182 Å². The second kappa shape index (κ2) is 11.4. The van der Waals surface area contributed by atoms with Gasteiger partial charge in [-0.2, -0.15) is 0 Å². The van der Waals surface area contributed by atoms with E-state index in [2.05, 4.69) is 0 Å². The van der Waals surface area contributed by atoms with Gasteiger partial charge in [0.05, 0.1) is 11.4 Å². The standard InChI is InChI=1S/C26H25NO4/c1-2-11-25(28)31-24-18-9-12-21(20-24)13-10-19-30-26(29)27(22-14-5-3-6-15-22)23-16-7-4-8-17-23/h3-10,12-18,20H,2,11,19H2,1H3/b13-10-. The Morgan fingerprint density at radius 1 is 0.871 bits per heavy atom. The van der Waals surface area contributed by atoms with Crippen LogP contribution in [0.4, 0.5) is 16.2 Å². The number of ether oxygens (including phenoxy) is 2. The van der Waals surface area contributed by atoms with Crippen LogP contribution < -0.4 is 9.64 Å². The number of rotatable bonds is 8. The van der Waals surface area contributed by atoms with Crippen LogP contribution in [0.3, 0.4) is 0 Å². The summed E-state index contributed by atoms with van der Waals surface area (Å²) in [5.41, 5.74) is 2.30. The average Bonchev–Trinajstić information content (AvgIpc) is 2.79. The van der Waals surface area contributed by atoms with E-state index in [0.29, 0.717) is 12.2 Å². The number of hydrogen-bond donors (Lipinski definition) is 0. The Morgan fingerprint density at radius 2 is 1.52 bits per heavy atom. The third-order valence-corrected chi connectivity index (χ3v) is 4.37. The lowest BCUT2D eigenvalue weighted by Crippen LogP contribution is -2.26. The molecule has 0 aliphatic carbocycles. The molecule has 1 amide bonds. The van der Waals surface area contributed by atoms with E-state index >= 15 is 0 Å². The number of carbonyl (C=O) groups excluding carboxylic acids is 2. The molecule has 0 aliphatic heterocycles. The minimum Gasteiger partial charge on any atom is -0.445 e. The number of benzene rings is 3. The molecule has 0 saturated carbocycles. The van der Waals surface area contributed by atoms with Crippen molar-refractivity contribution in [2.24, 2.45) is 0 Å². The van der Waals surface area contributed by atoms with Crippen molar-refractivity contribution >= 4 is 29.5 Å². The molecule has 0 bridgehead atoms. The zero-order valence-electron chi connectivity index (χ0n) is 17.4. The first-order valence-corrected chi connectivity index (χ1v) is 10.2. The third kappa shape index (κ3) is 6.57. The predicted octanol–water partition coefficient (Wildman–Crippen LogP) is 6.38. The molecular weight excluding hydrogens is 390 g/mol. The SMILES string of the molecule is CCCC(=O)Oc1cccc(/C=C\COC(=O)N(c2ccccc2)c2ccccc2)c1. The highest BCUT2D eigenvalue weighted by Crippen LogP contribution is 2.25. The molecule has 0 aliphatic rings. The van der Waals surface area contributed by atoms with Crippen LogP contribution in [0.1, 0.15) is 25.3 Å². The summed E-state index contributed by atoms with van der Waals surface area (Å²) in [6.45, 7) is 2.03. The van der Waals surface area contributed by atoms with Gasteiger partial charge in [0.1, 0.15) is 12.4 Å². The maximum atomic E-state index is 12.8. The van der Waals surface area contributed by atoms with Crippen molar-refractivity contribution in [3.05, 3.63) is 96.6 Å². The van der Waals surface area contributed by atoms with Gasteiger partial charge in [0.15, 0.2) is 0 Å². The van der Waals surface area contributed by atoms with Crippen LogP contribution in [0.2, 0.25) is 0 Å². The minimum absolute atomic E-state index is 0.106. The van der Waals surface area contributed by atoms with Crippen LogP contribution in [0.15, 0.2) is 91.0 Å². The van der Waals surface area contributed by atoms with E-state index in [0.717, 1.165) is 23.4 Å². The van der Waals surface area contributed by atoms with Crippen molar-refractivity contribution in [3.8, 4) is 5.75 Å². The maximum absolute atomic E-state index is 12.8. The highest BCUT2D eigenvalue weighted by Gasteiger charge is 2.18. The lowest BCUT2D eigenvalue weighted by Gasteiger charge is -2.22. The summed E-state index contributed by atoms with van der Waals surface area (Å²) in [6, 6.07) is 25.9. The molecule has 0 aromatic heterocycles. The fourth-order valence-electron chi connectivity index (χ4n) is 2.95. The third-order valence-electron chi connectivity index (χ3n) is 4.37. The van der Waals surface area contributed by atoms with Crippen LogP contribution in [-0.2, 0) is 9.53 Å². The lowest BCUT2D eigenvalue weighted by molar-refractivity contribution is -0.134. The fourth-order valence-corrected chi connectivity index (χ4v) is 2.95. The van der Waals surface area contributed by atoms with Crippen LogP contribution in [0, 0.1) is 0 Å². The first-order valence-electron chi connectivity index (χ1n) is 10.2. The van der Waals surface area contributed by atoms with E-state index in [9.17, 15) is 9.59 Å². The number of carbonyl (C=O) groups is 2. The molecule has 0 atom stereocenters. The monoisotopic (exact) mass is 415 g/mol. The van der Waals surface area contributed by atoms with E-state index in [1.165, 1.54) is 4.90 Å². The molecule has 0 N–H and O–H groups in total. The molecule has 158 valence electrons. The molecule has 3 rings (SSSR count). The van der Waals surface area contributed by atoms with E-state index < -0.39 is 6.09 Å². The number of esters is 1. The second-order valence-electron chi connectivity index (χ2n) is 6.78. The molecule has 3 aromatic carbocycles. The van der Waals surface area contributed by atoms with Gasteiger partial charge in [-0.25, -0.2) is 9.69 Å². The summed E-state index contributed by atoms with van der Waals surface area (Å²) >= 11 is 0. The van der Waals surface area contributed by atoms with Gasteiger partial charge in [0.25, 0.3) is 0 Å². The van der Waals surface area contributed by atoms with Gasteiger partial charge in [-0.1, -0.05) is 61.5 Å². The number of amides is 1. The topological polar surface area (TPSA) is 55.8 Å². The minimum atomic E-state index is -0.468. The molecule has 0 unspecified atom stereocenters. The molecule has 0 fully saturated rings. The Kier molecular flexibility index (Phi) is 8.00. The predicted molar refractivity (Wildman–Crippen MR) is 122 cm³/mol. The van der Waals surface area contributed by atoms with E-state index in [-0.39, 0.29) is 12.6 Å². The van der Waals surface area contributed by atoms with Crippen molar-refractivity contribution in [2.75, 3.05) is 11.5 Å². The van der Waals surface area contributed by atoms with Crippen molar-refractivity contribution in [3.63, 3.8) is 0 Å². The molecule has 31 heavy (non-hydrogen) atoms. The molecule has 0 spiro atoms. The summed E-state index contributed by atoms with van der Waals surface area (Å²) in [7, 11) is 0. The largest absolute Gasteiger partial charge is 0.445 e. The van der Waals surface area contributed by atoms with Crippen LogP contribution in [0.25, 0.3) is 6.08 Å². The molecule has 0 heterocycles. The fraction of sp³-hybridized carbons (Fsp3) is 0.154. The van der Waals surface area contributed by atoms with Crippen molar-refractivity contribution in [2.45, 2.75) is 19.8 Å². The zero-order valence-corrected chi connectivity index (χ0v) is 17.4. The zero-order chi connectivity index (χ0) is 21.9. The van der Waals surface area contributed by atoms with Gasteiger partial charge in [-0.05, 0) is 54.5 Å². The van der Waals surface area contributed by atoms with E-state index in [1.807, 2.05) is 85.8 Å². The highest BCUT2D eigenvalue weighted by atomic mass is 16.6. The van der Waals surface area contributed by atoms with Crippen molar-refractivity contribution in [1.82, 2.24) is 0 Å². The molecule has 3 aromatic rings. The Morgan fingerprint density at radius 3 is 2.13 bits per heavy atom. The van der Waals surface area contributed by atoms with E-state index in [1.54, 1.807) is 18.2 Å². The normalized spacial score (nSPS) is 10.6. The summed E-state index contributed by atoms with van der Waals surface area (Å²) < 4.78 is 10.8. The molecular formula is C26H25NO4. The number of anilines is 2. The van der Waals surface area contributed by atoms with Crippen molar-refractivity contribution < 1.29 is 19.1 Å². The number of para-hydroxylation sites is 2. The number of nitrogens with zero attached hydrogens (tertiary/aromatic N) is 1. The average molecular weight is 415 g/mol. The smallest absolute Gasteiger partial charge is 0.419 e. The molecule has 5 heteroatoms. The van der Waals surface area contributed by atoms with Gasteiger partial charge in [0.2, 0.25) is 0 Å². The quantitative estimate of drug-likeness (QED) is 0.316. The first-order chi connectivity index (χ1) is 15.2. The van der Waals surface area contributed by atoms with Gasteiger partial charge >= 0.3 is 12.1 Å². The van der Waals surface area contributed by atoms with Crippen LogP contribution in [0.5, 0.6) is 5.75 Å². The summed E-state index contributed by atoms with van der Waals surface area (Å²) in [6.07, 6.45) is 4.23.